The summed E-state index contributed by atoms with van der Waals surface area (Å²) in [5.41, 5.74) is 2.46. The Balaban J connectivity index is 1.80. The highest BCUT2D eigenvalue weighted by molar-refractivity contribution is 6.30. The maximum Gasteiger partial charge on any atom is 0.0790 e. The summed E-state index contributed by atoms with van der Waals surface area (Å²) in [5, 5.41) is 8.31. The molecule has 1 fully saturated rings. The third-order valence-corrected chi connectivity index (χ3v) is 3.67. The topological polar surface area (TPSA) is 29.9 Å². The Bertz CT molecular complexity index is 512. The molecule has 3 rings (SSSR count). The molecule has 0 spiro atoms. The minimum absolute atomic E-state index is 0.647. The molecule has 1 saturated heterocycles. The van der Waals surface area contributed by atoms with Gasteiger partial charge in [0.15, 0.2) is 0 Å². The van der Waals surface area contributed by atoms with Crippen LogP contribution in [0.5, 0.6) is 0 Å². The molecule has 2 aromatic rings. The van der Waals surface area contributed by atoms with Crippen LogP contribution >= 0.6 is 11.6 Å². The van der Waals surface area contributed by atoms with Crippen LogP contribution in [0.25, 0.3) is 5.69 Å². The predicted octanol–water partition coefficient (Wildman–Crippen LogP) is 2.99. The Labute approximate surface area is 112 Å². The van der Waals surface area contributed by atoms with Crippen LogP contribution in [0.15, 0.2) is 36.7 Å². The molecule has 1 N–H and O–H groups in total. The number of hydrogen-bond acceptors (Lipinski definition) is 2. The third kappa shape index (κ3) is 2.42. The molecule has 1 aliphatic heterocycles. The molecule has 3 nitrogen and oxygen atoms in total. The lowest BCUT2D eigenvalue weighted by Gasteiger charge is -2.23. The summed E-state index contributed by atoms with van der Waals surface area (Å²) in [5.74, 6) is 0.647. The first-order valence-electron chi connectivity index (χ1n) is 6.34. The van der Waals surface area contributed by atoms with E-state index < -0.39 is 0 Å². The van der Waals surface area contributed by atoms with Gasteiger partial charge < -0.3 is 5.32 Å². The molecule has 0 bridgehead atoms. The van der Waals surface area contributed by atoms with E-state index >= 15 is 0 Å². The predicted molar refractivity (Wildman–Crippen MR) is 73.4 cm³/mol. The van der Waals surface area contributed by atoms with Gasteiger partial charge in [-0.05, 0) is 43.0 Å². The normalized spacial score (nSPS) is 19.9. The lowest BCUT2D eigenvalue weighted by Crippen LogP contribution is -2.28. The minimum Gasteiger partial charge on any atom is -0.316 e. The molecule has 18 heavy (non-hydrogen) atoms. The summed E-state index contributed by atoms with van der Waals surface area (Å²) in [4.78, 5) is 0. The SMILES string of the molecule is Clc1cnn(-c2ccc(C3CCCNC3)cc2)c1. The van der Waals surface area contributed by atoms with Gasteiger partial charge >= 0.3 is 0 Å². The number of nitrogens with zero attached hydrogens (tertiary/aromatic N) is 2. The van der Waals surface area contributed by atoms with E-state index in [9.17, 15) is 0 Å². The Morgan fingerprint density at radius 1 is 1.28 bits per heavy atom. The van der Waals surface area contributed by atoms with Crippen molar-refractivity contribution in [3.05, 3.63) is 47.2 Å². The summed E-state index contributed by atoms with van der Waals surface area (Å²) >= 11 is 5.87. The molecule has 2 heterocycles. The Kier molecular flexibility index (Phi) is 3.35. The summed E-state index contributed by atoms with van der Waals surface area (Å²) in [7, 11) is 0. The van der Waals surface area contributed by atoms with Gasteiger partial charge in [-0.1, -0.05) is 23.7 Å². The number of hydrogen-bond donors (Lipinski definition) is 1. The zero-order valence-electron chi connectivity index (χ0n) is 10.1. The van der Waals surface area contributed by atoms with Gasteiger partial charge in [0.05, 0.1) is 16.9 Å². The highest BCUT2D eigenvalue weighted by atomic mass is 35.5. The maximum atomic E-state index is 5.87. The van der Waals surface area contributed by atoms with Crippen molar-refractivity contribution >= 4 is 11.6 Å². The number of nitrogens with one attached hydrogen (secondary N) is 1. The fourth-order valence-corrected chi connectivity index (χ4v) is 2.61. The second kappa shape index (κ2) is 5.12. The quantitative estimate of drug-likeness (QED) is 0.901. The van der Waals surface area contributed by atoms with Gasteiger partial charge in [0.1, 0.15) is 0 Å². The zero-order chi connectivity index (χ0) is 12.4. The van der Waals surface area contributed by atoms with Crippen LogP contribution in [-0.2, 0) is 0 Å². The van der Waals surface area contributed by atoms with Gasteiger partial charge in [0.2, 0.25) is 0 Å². The van der Waals surface area contributed by atoms with Gasteiger partial charge in [-0.25, -0.2) is 4.68 Å². The summed E-state index contributed by atoms with van der Waals surface area (Å²) < 4.78 is 1.80. The standard InChI is InChI=1S/C14H16ClN3/c15-13-9-17-18(10-13)14-5-3-11(4-6-14)12-2-1-7-16-8-12/h3-6,9-10,12,16H,1-2,7-8H2. The summed E-state index contributed by atoms with van der Waals surface area (Å²) in [6, 6.07) is 8.60. The van der Waals surface area contributed by atoms with E-state index in [1.165, 1.54) is 18.4 Å². The maximum absolute atomic E-state index is 5.87. The van der Waals surface area contributed by atoms with Crippen LogP contribution < -0.4 is 5.32 Å². The Morgan fingerprint density at radius 3 is 2.72 bits per heavy atom. The van der Waals surface area contributed by atoms with Crippen molar-refractivity contribution in [2.24, 2.45) is 0 Å². The van der Waals surface area contributed by atoms with E-state index in [0.29, 0.717) is 10.9 Å². The van der Waals surface area contributed by atoms with E-state index in [0.717, 1.165) is 18.8 Å². The third-order valence-electron chi connectivity index (χ3n) is 3.48. The molecular formula is C14H16ClN3. The van der Waals surface area contributed by atoms with Crippen LogP contribution in [0.2, 0.25) is 5.02 Å². The Morgan fingerprint density at radius 2 is 2.11 bits per heavy atom. The summed E-state index contributed by atoms with van der Waals surface area (Å²) in [6.45, 7) is 2.24. The van der Waals surface area contributed by atoms with Crippen molar-refractivity contribution < 1.29 is 0 Å². The highest BCUT2D eigenvalue weighted by Gasteiger charge is 2.14. The molecule has 0 aliphatic carbocycles. The first-order chi connectivity index (χ1) is 8.83. The van der Waals surface area contributed by atoms with Crippen molar-refractivity contribution in [2.45, 2.75) is 18.8 Å². The number of piperidine rings is 1. The average molecular weight is 262 g/mol. The van der Waals surface area contributed by atoms with E-state index in [-0.39, 0.29) is 0 Å². The lowest BCUT2D eigenvalue weighted by molar-refractivity contribution is 0.461. The van der Waals surface area contributed by atoms with Crippen LogP contribution in [0.3, 0.4) is 0 Å². The van der Waals surface area contributed by atoms with Gasteiger partial charge in [0.25, 0.3) is 0 Å². The molecule has 1 aromatic heterocycles. The smallest absolute Gasteiger partial charge is 0.0790 e. The van der Waals surface area contributed by atoms with Crippen molar-refractivity contribution in [3.63, 3.8) is 0 Å². The van der Waals surface area contributed by atoms with Crippen molar-refractivity contribution in [1.82, 2.24) is 15.1 Å². The van der Waals surface area contributed by atoms with Gasteiger partial charge in [-0.2, -0.15) is 5.10 Å². The zero-order valence-corrected chi connectivity index (χ0v) is 10.9. The van der Waals surface area contributed by atoms with Gasteiger partial charge in [0, 0.05) is 12.7 Å². The van der Waals surface area contributed by atoms with Crippen LogP contribution in [0.4, 0.5) is 0 Å². The van der Waals surface area contributed by atoms with E-state index in [4.69, 9.17) is 11.6 Å². The first-order valence-corrected chi connectivity index (χ1v) is 6.72. The number of rotatable bonds is 2. The van der Waals surface area contributed by atoms with E-state index in [1.54, 1.807) is 10.9 Å². The minimum atomic E-state index is 0.647. The number of halogens is 1. The van der Waals surface area contributed by atoms with Crippen molar-refractivity contribution in [2.75, 3.05) is 13.1 Å². The summed E-state index contributed by atoms with van der Waals surface area (Å²) in [6.07, 6.45) is 6.01. The lowest BCUT2D eigenvalue weighted by atomic mass is 9.92. The molecule has 1 atom stereocenters. The fraction of sp³-hybridized carbons (Fsp3) is 0.357. The highest BCUT2D eigenvalue weighted by Crippen LogP contribution is 2.24. The molecule has 1 unspecified atom stereocenters. The fourth-order valence-electron chi connectivity index (χ4n) is 2.48. The number of benzene rings is 1. The second-order valence-corrected chi connectivity index (χ2v) is 5.17. The van der Waals surface area contributed by atoms with E-state index in [1.807, 2.05) is 6.20 Å². The van der Waals surface area contributed by atoms with E-state index in [2.05, 4.69) is 34.7 Å². The number of aromatic nitrogens is 2. The monoisotopic (exact) mass is 261 g/mol. The molecule has 0 radical (unpaired) electrons. The molecule has 1 aromatic carbocycles. The van der Waals surface area contributed by atoms with Gasteiger partial charge in [-0.3, -0.25) is 0 Å². The van der Waals surface area contributed by atoms with Gasteiger partial charge in [-0.15, -0.1) is 0 Å². The molecule has 0 amide bonds. The van der Waals surface area contributed by atoms with Crippen LogP contribution in [-0.4, -0.2) is 22.9 Å². The molecule has 0 saturated carbocycles. The molecule has 4 heteroatoms. The molecule has 94 valence electrons. The Hall–Kier alpha value is -1.32. The van der Waals surface area contributed by atoms with Crippen molar-refractivity contribution in [1.29, 1.82) is 0 Å². The van der Waals surface area contributed by atoms with Crippen molar-refractivity contribution in [3.8, 4) is 5.69 Å². The largest absolute Gasteiger partial charge is 0.316 e. The first kappa shape index (κ1) is 11.8. The molecular weight excluding hydrogens is 246 g/mol. The second-order valence-electron chi connectivity index (χ2n) is 4.74. The average Bonchev–Trinajstić information content (AvgIpc) is 2.87. The van der Waals surface area contributed by atoms with Crippen LogP contribution in [0.1, 0.15) is 24.3 Å². The molecule has 1 aliphatic rings. The van der Waals surface area contributed by atoms with Crippen LogP contribution in [0, 0.1) is 0 Å².